The van der Waals surface area contributed by atoms with Gasteiger partial charge in [0, 0.05) is 18.7 Å². The quantitative estimate of drug-likeness (QED) is 0.747. The fourth-order valence-electron chi connectivity index (χ4n) is 2.74. The van der Waals surface area contributed by atoms with Crippen LogP contribution in [0.4, 0.5) is 0 Å². The van der Waals surface area contributed by atoms with E-state index >= 15 is 0 Å². The molecule has 0 aliphatic carbocycles. The number of nitrogens with one attached hydrogen (secondary N) is 1. The lowest BCUT2D eigenvalue weighted by atomic mass is 10.0. The van der Waals surface area contributed by atoms with E-state index in [9.17, 15) is 19.2 Å². The lowest BCUT2D eigenvalue weighted by Gasteiger charge is -2.34. The standard InChI is InChI=1S/C19H24N2O6/c1-4-12(2)27-16(22)11-15-17(23)20-8-9-21(15)18(24)13-6-5-7-14(10-13)19(25)26-3/h5-7,10,12,15H,4,8-9,11H2,1-3H3,(H,20,23). The van der Waals surface area contributed by atoms with Gasteiger partial charge in [0.1, 0.15) is 6.04 Å². The Morgan fingerprint density at radius 3 is 2.67 bits per heavy atom. The first-order chi connectivity index (χ1) is 12.9. The molecule has 1 aromatic carbocycles. The zero-order valence-corrected chi connectivity index (χ0v) is 15.7. The fourth-order valence-corrected chi connectivity index (χ4v) is 2.74. The third-order valence-electron chi connectivity index (χ3n) is 4.39. The van der Waals surface area contributed by atoms with Crippen LogP contribution >= 0.6 is 0 Å². The van der Waals surface area contributed by atoms with Crippen LogP contribution in [0.2, 0.25) is 0 Å². The number of nitrogens with zero attached hydrogens (tertiary/aromatic N) is 1. The molecule has 0 saturated carbocycles. The van der Waals surface area contributed by atoms with Crippen LogP contribution in [0.3, 0.4) is 0 Å². The van der Waals surface area contributed by atoms with E-state index in [2.05, 4.69) is 10.1 Å². The third kappa shape index (κ3) is 5.06. The summed E-state index contributed by atoms with van der Waals surface area (Å²) in [4.78, 5) is 50.3. The van der Waals surface area contributed by atoms with Crippen LogP contribution in [0.5, 0.6) is 0 Å². The van der Waals surface area contributed by atoms with E-state index in [1.165, 1.54) is 24.1 Å². The molecule has 8 nitrogen and oxygen atoms in total. The summed E-state index contributed by atoms with van der Waals surface area (Å²) in [6, 6.07) is 5.11. The maximum atomic E-state index is 12.9. The van der Waals surface area contributed by atoms with Gasteiger partial charge in [0.15, 0.2) is 0 Å². The maximum absolute atomic E-state index is 12.9. The van der Waals surface area contributed by atoms with Gasteiger partial charge in [-0.05, 0) is 31.5 Å². The first kappa shape index (κ1) is 20.4. The summed E-state index contributed by atoms with van der Waals surface area (Å²) in [6.45, 7) is 4.20. The molecular weight excluding hydrogens is 352 g/mol. The monoisotopic (exact) mass is 376 g/mol. The second kappa shape index (κ2) is 9.16. The van der Waals surface area contributed by atoms with Crippen LogP contribution in [-0.4, -0.2) is 61.0 Å². The molecule has 2 unspecified atom stereocenters. The third-order valence-corrected chi connectivity index (χ3v) is 4.39. The van der Waals surface area contributed by atoms with Crippen molar-refractivity contribution >= 4 is 23.8 Å². The Morgan fingerprint density at radius 2 is 2.00 bits per heavy atom. The molecule has 1 heterocycles. The van der Waals surface area contributed by atoms with Gasteiger partial charge >= 0.3 is 11.9 Å². The number of methoxy groups -OCH3 is 1. The molecule has 27 heavy (non-hydrogen) atoms. The highest BCUT2D eigenvalue weighted by Gasteiger charge is 2.36. The summed E-state index contributed by atoms with van der Waals surface area (Å²) in [5.74, 6) is -1.93. The first-order valence-corrected chi connectivity index (χ1v) is 8.83. The molecule has 2 amide bonds. The molecule has 1 aliphatic heterocycles. The minimum absolute atomic E-state index is 0.224. The molecular formula is C19H24N2O6. The number of piperazine rings is 1. The first-order valence-electron chi connectivity index (χ1n) is 8.83. The Balaban J connectivity index is 2.20. The average molecular weight is 376 g/mol. The summed E-state index contributed by atoms with van der Waals surface area (Å²) in [5, 5.41) is 2.67. The van der Waals surface area contributed by atoms with E-state index < -0.39 is 29.8 Å². The molecule has 2 rings (SSSR count). The zero-order chi connectivity index (χ0) is 20.0. The Kier molecular flexibility index (Phi) is 6.92. The van der Waals surface area contributed by atoms with Gasteiger partial charge in [-0.2, -0.15) is 0 Å². The molecule has 1 N–H and O–H groups in total. The topological polar surface area (TPSA) is 102 Å². The average Bonchev–Trinajstić information content (AvgIpc) is 2.68. The molecule has 8 heteroatoms. The van der Waals surface area contributed by atoms with Gasteiger partial charge in [0.05, 0.1) is 25.2 Å². The summed E-state index contributed by atoms with van der Waals surface area (Å²) < 4.78 is 9.90. The predicted molar refractivity (Wildman–Crippen MR) is 96.1 cm³/mol. The van der Waals surface area contributed by atoms with Gasteiger partial charge < -0.3 is 19.7 Å². The fraction of sp³-hybridized carbons (Fsp3) is 0.474. The summed E-state index contributed by atoms with van der Waals surface area (Å²) in [7, 11) is 1.25. The lowest BCUT2D eigenvalue weighted by molar-refractivity contribution is -0.151. The molecule has 0 aromatic heterocycles. The van der Waals surface area contributed by atoms with Crippen molar-refractivity contribution < 1.29 is 28.7 Å². The Bertz CT molecular complexity index is 733. The molecule has 0 radical (unpaired) electrons. The van der Waals surface area contributed by atoms with Crippen LogP contribution < -0.4 is 5.32 Å². The number of hydrogen-bond donors (Lipinski definition) is 1. The van der Waals surface area contributed by atoms with Crippen molar-refractivity contribution in [3.05, 3.63) is 35.4 Å². The number of amides is 2. The van der Waals surface area contributed by atoms with Crippen LogP contribution in [0.15, 0.2) is 24.3 Å². The van der Waals surface area contributed by atoms with Crippen molar-refractivity contribution in [2.45, 2.75) is 38.8 Å². The van der Waals surface area contributed by atoms with E-state index in [1.54, 1.807) is 19.1 Å². The van der Waals surface area contributed by atoms with Crippen LogP contribution in [0.1, 0.15) is 47.4 Å². The summed E-state index contributed by atoms with van der Waals surface area (Å²) in [6.07, 6.45) is 0.175. The molecule has 1 saturated heterocycles. The number of esters is 2. The minimum Gasteiger partial charge on any atom is -0.465 e. The van der Waals surface area contributed by atoms with Gasteiger partial charge in [0.2, 0.25) is 5.91 Å². The maximum Gasteiger partial charge on any atom is 0.337 e. The van der Waals surface area contributed by atoms with Crippen LogP contribution in [0.25, 0.3) is 0 Å². The van der Waals surface area contributed by atoms with E-state index in [-0.39, 0.29) is 36.7 Å². The molecule has 2 atom stereocenters. The van der Waals surface area contributed by atoms with E-state index in [1.807, 2.05) is 6.92 Å². The second-order valence-corrected chi connectivity index (χ2v) is 6.29. The normalized spacial score (nSPS) is 17.7. The van der Waals surface area contributed by atoms with E-state index in [0.717, 1.165) is 0 Å². The van der Waals surface area contributed by atoms with Gasteiger partial charge in [-0.3, -0.25) is 14.4 Å². The highest BCUT2D eigenvalue weighted by Crippen LogP contribution is 2.17. The van der Waals surface area contributed by atoms with Gasteiger partial charge in [-0.25, -0.2) is 4.79 Å². The Morgan fingerprint density at radius 1 is 1.30 bits per heavy atom. The van der Waals surface area contributed by atoms with Crippen LogP contribution in [0, 0.1) is 0 Å². The number of carbonyl (C=O) groups is 4. The number of hydrogen-bond acceptors (Lipinski definition) is 6. The smallest absolute Gasteiger partial charge is 0.337 e. The van der Waals surface area contributed by atoms with E-state index in [0.29, 0.717) is 6.42 Å². The van der Waals surface area contributed by atoms with Gasteiger partial charge in [0.25, 0.3) is 5.91 Å². The highest BCUT2D eigenvalue weighted by atomic mass is 16.5. The Labute approximate surface area is 157 Å². The molecule has 1 aromatic rings. The SMILES string of the molecule is CCC(C)OC(=O)CC1C(=O)NCCN1C(=O)c1cccc(C(=O)OC)c1. The van der Waals surface area contributed by atoms with Gasteiger partial charge in [-0.15, -0.1) is 0 Å². The minimum atomic E-state index is -0.954. The summed E-state index contributed by atoms with van der Waals surface area (Å²) >= 11 is 0. The van der Waals surface area contributed by atoms with Crippen molar-refractivity contribution in [3.63, 3.8) is 0 Å². The largest absolute Gasteiger partial charge is 0.465 e. The highest BCUT2D eigenvalue weighted by molar-refractivity contribution is 6.01. The van der Waals surface area contributed by atoms with Crippen molar-refractivity contribution in [2.75, 3.05) is 20.2 Å². The van der Waals surface area contributed by atoms with E-state index in [4.69, 9.17) is 4.74 Å². The molecule has 1 fully saturated rings. The lowest BCUT2D eigenvalue weighted by Crippen LogP contribution is -2.58. The second-order valence-electron chi connectivity index (χ2n) is 6.29. The molecule has 1 aliphatic rings. The van der Waals surface area contributed by atoms with Crippen LogP contribution in [-0.2, 0) is 19.1 Å². The number of benzene rings is 1. The molecule has 0 spiro atoms. The zero-order valence-electron chi connectivity index (χ0n) is 15.7. The predicted octanol–water partition coefficient (Wildman–Crippen LogP) is 1.15. The summed E-state index contributed by atoms with van der Waals surface area (Å²) in [5.41, 5.74) is 0.477. The number of carbonyl (C=O) groups excluding carboxylic acids is 4. The van der Waals surface area contributed by atoms with Crippen molar-refractivity contribution in [1.82, 2.24) is 10.2 Å². The number of ether oxygens (including phenoxy) is 2. The van der Waals surface area contributed by atoms with Crippen molar-refractivity contribution in [2.24, 2.45) is 0 Å². The number of rotatable bonds is 6. The van der Waals surface area contributed by atoms with Gasteiger partial charge in [-0.1, -0.05) is 13.0 Å². The molecule has 0 bridgehead atoms. The Hall–Kier alpha value is -2.90. The van der Waals surface area contributed by atoms with Crippen molar-refractivity contribution in [1.29, 1.82) is 0 Å². The molecule has 146 valence electrons. The van der Waals surface area contributed by atoms with Crippen molar-refractivity contribution in [3.8, 4) is 0 Å².